The Balaban J connectivity index is 2.23. The Labute approximate surface area is 154 Å². The van der Waals surface area contributed by atoms with Crippen LogP contribution in [-0.4, -0.2) is 16.0 Å². The van der Waals surface area contributed by atoms with Gasteiger partial charge in [0.15, 0.2) is 0 Å². The van der Waals surface area contributed by atoms with Crippen LogP contribution in [0.2, 0.25) is 5.02 Å². The van der Waals surface area contributed by atoms with E-state index in [9.17, 15) is 4.79 Å². The third-order valence-corrected chi connectivity index (χ3v) is 4.25. The molecule has 2 rings (SSSR count). The maximum atomic E-state index is 12.4. The summed E-state index contributed by atoms with van der Waals surface area (Å²) in [4.78, 5) is 16.9. The number of halogens is 1. The first-order valence-electron chi connectivity index (χ1n) is 8.58. The molecule has 136 valence electrons. The van der Waals surface area contributed by atoms with Crippen LogP contribution in [0.1, 0.15) is 59.4 Å². The molecular formula is C19H26ClN3O2. The van der Waals surface area contributed by atoms with Crippen molar-refractivity contribution < 1.29 is 9.32 Å². The van der Waals surface area contributed by atoms with Crippen LogP contribution >= 0.6 is 11.6 Å². The van der Waals surface area contributed by atoms with E-state index in [0.29, 0.717) is 23.2 Å². The molecule has 2 atom stereocenters. The highest BCUT2D eigenvalue weighted by Gasteiger charge is 2.28. The van der Waals surface area contributed by atoms with Gasteiger partial charge in [0.25, 0.3) is 0 Å². The van der Waals surface area contributed by atoms with Crippen molar-refractivity contribution in [1.29, 1.82) is 0 Å². The molecule has 2 aromatic rings. The van der Waals surface area contributed by atoms with Gasteiger partial charge in [0, 0.05) is 17.0 Å². The van der Waals surface area contributed by atoms with E-state index < -0.39 is 0 Å². The van der Waals surface area contributed by atoms with E-state index in [2.05, 4.69) is 29.3 Å². The first-order valence-corrected chi connectivity index (χ1v) is 8.96. The Kier molecular flexibility index (Phi) is 6.22. The number of hydrogen-bond acceptors (Lipinski definition) is 4. The molecule has 6 heteroatoms. The molecule has 1 aromatic carbocycles. The third-order valence-electron chi connectivity index (χ3n) is 4.01. The Bertz CT molecular complexity index is 721. The fourth-order valence-electron chi connectivity index (χ4n) is 2.50. The topological polar surface area (TPSA) is 68.0 Å². The highest BCUT2D eigenvalue weighted by Crippen LogP contribution is 2.27. The molecule has 1 aromatic heterocycles. The number of rotatable bonds is 6. The number of benzene rings is 1. The molecule has 0 aliphatic carbocycles. The second-order valence-electron chi connectivity index (χ2n) is 7.63. The lowest BCUT2D eigenvalue weighted by molar-refractivity contribution is -0.124. The highest BCUT2D eigenvalue weighted by molar-refractivity contribution is 6.30. The maximum Gasteiger partial charge on any atom is 0.249 e. The number of nitrogens with zero attached hydrogens (tertiary/aromatic N) is 2. The lowest BCUT2D eigenvalue weighted by Gasteiger charge is -2.23. The van der Waals surface area contributed by atoms with Crippen molar-refractivity contribution in [2.24, 2.45) is 11.3 Å². The summed E-state index contributed by atoms with van der Waals surface area (Å²) in [5.41, 5.74) is 0.705. The van der Waals surface area contributed by atoms with E-state index in [1.165, 1.54) is 0 Å². The molecule has 1 N–H and O–H groups in total. The molecule has 25 heavy (non-hydrogen) atoms. The predicted molar refractivity (Wildman–Crippen MR) is 99.2 cm³/mol. The van der Waals surface area contributed by atoms with Gasteiger partial charge in [0.2, 0.25) is 17.6 Å². The minimum absolute atomic E-state index is 0.0136. The van der Waals surface area contributed by atoms with Crippen molar-refractivity contribution in [2.75, 3.05) is 0 Å². The van der Waals surface area contributed by atoms with Crippen LogP contribution < -0.4 is 5.32 Å². The predicted octanol–water partition coefficient (Wildman–Crippen LogP) is 5.03. The van der Waals surface area contributed by atoms with Crippen molar-refractivity contribution >= 4 is 17.5 Å². The number of carbonyl (C=O) groups is 1. The van der Waals surface area contributed by atoms with E-state index in [1.807, 2.05) is 32.9 Å². The molecule has 0 fully saturated rings. The second-order valence-corrected chi connectivity index (χ2v) is 8.07. The quantitative estimate of drug-likeness (QED) is 0.781. The number of amides is 1. The van der Waals surface area contributed by atoms with E-state index in [4.69, 9.17) is 16.1 Å². The van der Waals surface area contributed by atoms with Gasteiger partial charge in [0.05, 0.1) is 0 Å². The number of hydrogen-bond donors (Lipinski definition) is 1. The van der Waals surface area contributed by atoms with Crippen molar-refractivity contribution in [2.45, 2.75) is 53.5 Å². The van der Waals surface area contributed by atoms with Crippen molar-refractivity contribution in [3.05, 3.63) is 35.2 Å². The molecule has 1 heterocycles. The third kappa shape index (κ3) is 5.56. The van der Waals surface area contributed by atoms with Crippen molar-refractivity contribution in [3.63, 3.8) is 0 Å². The van der Waals surface area contributed by atoms with E-state index >= 15 is 0 Å². The van der Waals surface area contributed by atoms with Crippen LogP contribution in [0.3, 0.4) is 0 Å². The standard InChI is InChI=1S/C19H26ClN3O2/c1-6-12(2)16(21-15(24)11-19(3,4)5)18-22-17(23-25-18)13-8-7-9-14(20)10-13/h7-10,12,16H,6,11H2,1-5H3,(H,21,24)/t12-,16-/m0/s1. The van der Waals surface area contributed by atoms with Crippen LogP contribution in [0, 0.1) is 11.3 Å². The first kappa shape index (κ1) is 19.4. The van der Waals surface area contributed by atoms with Gasteiger partial charge in [-0.3, -0.25) is 4.79 Å². The summed E-state index contributed by atoms with van der Waals surface area (Å²) >= 11 is 6.02. The maximum absolute atomic E-state index is 12.4. The van der Waals surface area contributed by atoms with Gasteiger partial charge in [0.1, 0.15) is 6.04 Å². The number of carbonyl (C=O) groups excluding carboxylic acids is 1. The molecule has 0 radical (unpaired) electrons. The highest BCUT2D eigenvalue weighted by atomic mass is 35.5. The fraction of sp³-hybridized carbons (Fsp3) is 0.526. The molecule has 0 bridgehead atoms. The van der Waals surface area contributed by atoms with Gasteiger partial charge in [-0.15, -0.1) is 0 Å². The second kappa shape index (κ2) is 8.00. The normalized spacial score (nSPS) is 14.2. The summed E-state index contributed by atoms with van der Waals surface area (Å²) in [6.07, 6.45) is 1.32. The van der Waals surface area contributed by atoms with Gasteiger partial charge in [-0.25, -0.2) is 0 Å². The smallest absolute Gasteiger partial charge is 0.249 e. The van der Waals surface area contributed by atoms with Gasteiger partial charge in [-0.2, -0.15) is 4.98 Å². The lowest BCUT2D eigenvalue weighted by atomic mass is 9.91. The summed E-state index contributed by atoms with van der Waals surface area (Å²) in [7, 11) is 0. The zero-order valence-corrected chi connectivity index (χ0v) is 16.2. The molecule has 0 aliphatic rings. The summed E-state index contributed by atoms with van der Waals surface area (Å²) in [5, 5.41) is 7.72. The van der Waals surface area contributed by atoms with Crippen LogP contribution in [-0.2, 0) is 4.79 Å². The van der Waals surface area contributed by atoms with Crippen LogP contribution in [0.15, 0.2) is 28.8 Å². The molecule has 0 aliphatic heterocycles. The first-order chi connectivity index (χ1) is 11.7. The summed E-state index contributed by atoms with van der Waals surface area (Å²) in [5.74, 6) is 1.05. The summed E-state index contributed by atoms with van der Waals surface area (Å²) < 4.78 is 5.46. The van der Waals surface area contributed by atoms with Crippen LogP contribution in [0.4, 0.5) is 0 Å². The van der Waals surface area contributed by atoms with Gasteiger partial charge in [-0.05, 0) is 23.5 Å². The molecule has 0 saturated heterocycles. The SMILES string of the molecule is CC[C@H](C)[C@H](NC(=O)CC(C)(C)C)c1nc(-c2cccc(Cl)c2)no1. The summed E-state index contributed by atoms with van der Waals surface area (Å²) in [6, 6.07) is 6.98. The minimum atomic E-state index is -0.305. The molecule has 0 unspecified atom stereocenters. The summed E-state index contributed by atoms with van der Waals surface area (Å²) in [6.45, 7) is 10.2. The Morgan fingerprint density at radius 1 is 1.36 bits per heavy atom. The van der Waals surface area contributed by atoms with Crippen molar-refractivity contribution in [3.8, 4) is 11.4 Å². The van der Waals surface area contributed by atoms with Crippen molar-refractivity contribution in [1.82, 2.24) is 15.5 Å². The van der Waals surface area contributed by atoms with E-state index in [1.54, 1.807) is 12.1 Å². The minimum Gasteiger partial charge on any atom is -0.344 e. The average Bonchev–Trinajstić information content (AvgIpc) is 3.00. The van der Waals surface area contributed by atoms with Gasteiger partial charge < -0.3 is 9.84 Å². The lowest BCUT2D eigenvalue weighted by Crippen LogP contribution is -2.34. The Morgan fingerprint density at radius 2 is 2.08 bits per heavy atom. The molecule has 0 saturated carbocycles. The zero-order chi connectivity index (χ0) is 18.6. The largest absolute Gasteiger partial charge is 0.344 e. The van der Waals surface area contributed by atoms with Gasteiger partial charge in [-0.1, -0.05) is 69.9 Å². The number of aromatic nitrogens is 2. The van der Waals surface area contributed by atoms with E-state index in [0.717, 1.165) is 12.0 Å². The monoisotopic (exact) mass is 363 g/mol. The van der Waals surface area contributed by atoms with Crippen LogP contribution in [0.5, 0.6) is 0 Å². The average molecular weight is 364 g/mol. The fourth-order valence-corrected chi connectivity index (χ4v) is 2.69. The molecule has 1 amide bonds. The molecule has 0 spiro atoms. The zero-order valence-electron chi connectivity index (χ0n) is 15.5. The van der Waals surface area contributed by atoms with Gasteiger partial charge >= 0.3 is 0 Å². The number of nitrogens with one attached hydrogen (secondary N) is 1. The van der Waals surface area contributed by atoms with Crippen LogP contribution in [0.25, 0.3) is 11.4 Å². The molecular weight excluding hydrogens is 338 g/mol. The Hall–Kier alpha value is -1.88. The van der Waals surface area contributed by atoms with E-state index in [-0.39, 0.29) is 23.3 Å². The Morgan fingerprint density at radius 3 is 2.68 bits per heavy atom. The molecule has 5 nitrogen and oxygen atoms in total.